The summed E-state index contributed by atoms with van der Waals surface area (Å²) in [6, 6.07) is 10.8. The van der Waals surface area contributed by atoms with Gasteiger partial charge in [-0.05, 0) is 31.5 Å². The zero-order valence-corrected chi connectivity index (χ0v) is 15.9. The number of halogens is 3. The van der Waals surface area contributed by atoms with Crippen LogP contribution in [0.3, 0.4) is 0 Å². The molecule has 0 spiro atoms. The first kappa shape index (κ1) is 21.9. The molecule has 0 heterocycles. The monoisotopic (exact) mass is 412 g/mol. The number of ether oxygens (including phenoxy) is 2. The number of oxime groups is 1. The van der Waals surface area contributed by atoms with E-state index in [1.807, 2.05) is 0 Å². The van der Waals surface area contributed by atoms with Gasteiger partial charge in [0.25, 0.3) is 0 Å². The molecule has 0 atom stereocenters. The second-order valence-electron chi connectivity index (χ2n) is 5.78. The third-order valence-electron chi connectivity index (χ3n) is 3.66. The summed E-state index contributed by atoms with van der Waals surface area (Å²) in [6.45, 7) is 3.21. The van der Waals surface area contributed by atoms with E-state index in [-0.39, 0.29) is 17.9 Å². The average molecular weight is 412 g/mol. The highest BCUT2D eigenvalue weighted by atomic mass is 19.4. The van der Waals surface area contributed by atoms with Crippen LogP contribution >= 0.6 is 0 Å². The quantitative estimate of drug-likeness (QED) is 0.536. The molecule has 0 saturated heterocycles. The molecule has 2 rings (SSSR count). The van der Waals surface area contributed by atoms with Crippen LogP contribution < -0.4 is 15.1 Å². The minimum absolute atomic E-state index is 0.191. The predicted octanol–water partition coefficient (Wildman–Crippen LogP) is 4.48. The molecule has 29 heavy (non-hydrogen) atoms. The van der Waals surface area contributed by atoms with Crippen molar-refractivity contribution in [1.29, 1.82) is 0 Å². The first-order chi connectivity index (χ1) is 13.7. The Hall–Kier alpha value is -3.43. The Morgan fingerprint density at radius 1 is 1.14 bits per heavy atom. The first-order valence-electron chi connectivity index (χ1n) is 8.31. The van der Waals surface area contributed by atoms with E-state index in [1.165, 1.54) is 25.3 Å². The van der Waals surface area contributed by atoms with E-state index in [4.69, 9.17) is 9.68 Å². The number of carbonyl (C=O) groups is 1. The molecular formula is C19H19F3N2O5. The number of benzene rings is 2. The largest absolute Gasteiger partial charge is 0.573 e. The summed E-state index contributed by atoms with van der Waals surface area (Å²) in [4.78, 5) is 21.5. The number of hydrogen-bond donors (Lipinski definition) is 1. The van der Waals surface area contributed by atoms with Gasteiger partial charge in [-0.2, -0.15) is 5.48 Å². The number of methoxy groups -OCH3 is 1. The van der Waals surface area contributed by atoms with E-state index >= 15 is 0 Å². The van der Waals surface area contributed by atoms with Gasteiger partial charge in [-0.25, -0.2) is 4.79 Å². The summed E-state index contributed by atoms with van der Waals surface area (Å²) < 4.78 is 45.8. The van der Waals surface area contributed by atoms with Gasteiger partial charge in [-0.1, -0.05) is 35.5 Å². The van der Waals surface area contributed by atoms with Gasteiger partial charge in [0.15, 0.2) is 5.75 Å². The van der Waals surface area contributed by atoms with Crippen LogP contribution in [0.15, 0.2) is 47.6 Å². The molecular weight excluding hydrogens is 393 g/mol. The lowest BCUT2D eigenvalue weighted by molar-refractivity contribution is -0.275. The lowest BCUT2D eigenvalue weighted by Crippen LogP contribution is -2.27. The third-order valence-corrected chi connectivity index (χ3v) is 3.66. The fraction of sp³-hybridized carbons (Fsp3) is 0.263. The van der Waals surface area contributed by atoms with Gasteiger partial charge in [0.05, 0.1) is 12.8 Å². The fourth-order valence-electron chi connectivity index (χ4n) is 2.17. The molecule has 0 aliphatic carbocycles. The van der Waals surface area contributed by atoms with Crippen molar-refractivity contribution in [3.8, 4) is 11.5 Å². The van der Waals surface area contributed by atoms with E-state index in [0.29, 0.717) is 17.0 Å². The zero-order valence-electron chi connectivity index (χ0n) is 15.9. The van der Waals surface area contributed by atoms with Crippen molar-refractivity contribution in [2.24, 2.45) is 5.16 Å². The standard InChI is InChI=1S/C19H19F3N2O5/c1-12-8-9-14(10-17(12)29-24-18(25)26-3)13(2)23-27-11-15-6-4-5-7-16(15)28-19(20,21)22/h4-10H,11H2,1-3H3,(H,24,25). The van der Waals surface area contributed by atoms with Crippen LogP contribution in [0, 0.1) is 6.92 Å². The maximum atomic E-state index is 12.5. The molecule has 156 valence electrons. The summed E-state index contributed by atoms with van der Waals surface area (Å²) in [6.07, 6.45) is -5.56. The maximum Gasteiger partial charge on any atom is 0.573 e. The third kappa shape index (κ3) is 6.91. The minimum Gasteiger partial charge on any atom is -0.451 e. The second-order valence-corrected chi connectivity index (χ2v) is 5.78. The Labute approximate surface area is 165 Å². The molecule has 0 radical (unpaired) electrons. The second kappa shape index (κ2) is 9.67. The zero-order chi connectivity index (χ0) is 21.4. The van der Waals surface area contributed by atoms with Crippen LogP contribution in [0.2, 0.25) is 0 Å². The molecule has 2 aromatic rings. The highest BCUT2D eigenvalue weighted by Crippen LogP contribution is 2.27. The molecule has 2 aromatic carbocycles. The number of para-hydroxylation sites is 1. The number of alkyl halides is 3. The molecule has 0 saturated carbocycles. The van der Waals surface area contributed by atoms with Gasteiger partial charge in [0, 0.05) is 11.1 Å². The topological polar surface area (TPSA) is 78.4 Å². The lowest BCUT2D eigenvalue weighted by Gasteiger charge is -2.12. The normalized spacial score (nSPS) is 11.6. The molecule has 7 nitrogen and oxygen atoms in total. The number of hydrogen-bond acceptors (Lipinski definition) is 6. The molecule has 0 aliphatic rings. The molecule has 0 aromatic heterocycles. The Balaban J connectivity index is 2.06. The number of nitrogens with zero attached hydrogens (tertiary/aromatic N) is 1. The Bertz CT molecular complexity index is 884. The lowest BCUT2D eigenvalue weighted by atomic mass is 10.1. The van der Waals surface area contributed by atoms with Crippen LogP contribution in [-0.2, 0) is 16.2 Å². The number of hydroxylamine groups is 1. The van der Waals surface area contributed by atoms with E-state index in [9.17, 15) is 18.0 Å². The number of carbonyl (C=O) groups excluding carboxylic acids is 1. The van der Waals surface area contributed by atoms with Crippen LogP contribution in [0.1, 0.15) is 23.6 Å². The van der Waals surface area contributed by atoms with Crippen LogP contribution in [0.25, 0.3) is 0 Å². The van der Waals surface area contributed by atoms with Gasteiger partial charge in [0.2, 0.25) is 0 Å². The highest BCUT2D eigenvalue weighted by Gasteiger charge is 2.32. The fourth-order valence-corrected chi connectivity index (χ4v) is 2.17. The Morgan fingerprint density at radius 3 is 2.55 bits per heavy atom. The van der Waals surface area contributed by atoms with E-state index < -0.39 is 12.5 Å². The summed E-state index contributed by atoms with van der Waals surface area (Å²) in [5, 5.41) is 3.92. The van der Waals surface area contributed by atoms with Crippen LogP contribution in [-0.4, -0.2) is 25.3 Å². The molecule has 10 heteroatoms. The maximum absolute atomic E-state index is 12.5. The summed E-state index contributed by atoms with van der Waals surface area (Å²) in [7, 11) is 1.20. The molecule has 1 amide bonds. The van der Waals surface area contributed by atoms with Crippen molar-refractivity contribution in [1.82, 2.24) is 5.48 Å². The molecule has 0 unspecified atom stereocenters. The van der Waals surface area contributed by atoms with Crippen molar-refractivity contribution in [3.05, 3.63) is 59.2 Å². The van der Waals surface area contributed by atoms with Crippen molar-refractivity contribution in [2.45, 2.75) is 26.8 Å². The van der Waals surface area contributed by atoms with E-state index in [2.05, 4.69) is 20.1 Å². The predicted molar refractivity (Wildman–Crippen MR) is 97.5 cm³/mol. The molecule has 1 N–H and O–H groups in total. The summed E-state index contributed by atoms with van der Waals surface area (Å²) in [5.41, 5.74) is 4.11. The van der Waals surface area contributed by atoms with Crippen molar-refractivity contribution < 1.29 is 37.1 Å². The first-order valence-corrected chi connectivity index (χ1v) is 8.31. The number of aryl methyl sites for hydroxylation is 1. The van der Waals surface area contributed by atoms with Gasteiger partial charge < -0.3 is 19.1 Å². The highest BCUT2D eigenvalue weighted by molar-refractivity contribution is 5.98. The molecule has 0 fully saturated rings. The smallest absolute Gasteiger partial charge is 0.451 e. The van der Waals surface area contributed by atoms with Gasteiger partial charge in [-0.3, -0.25) is 0 Å². The summed E-state index contributed by atoms with van der Waals surface area (Å²) >= 11 is 0. The van der Waals surface area contributed by atoms with Crippen molar-refractivity contribution in [3.63, 3.8) is 0 Å². The SMILES string of the molecule is COC(=O)NOc1cc(C(C)=NOCc2ccccc2OC(F)(F)F)ccc1C. The molecule has 0 aliphatic heterocycles. The molecule has 0 bridgehead atoms. The minimum atomic E-state index is -4.80. The van der Waals surface area contributed by atoms with E-state index in [1.54, 1.807) is 38.1 Å². The average Bonchev–Trinajstić information content (AvgIpc) is 2.67. The Morgan fingerprint density at radius 2 is 1.86 bits per heavy atom. The van der Waals surface area contributed by atoms with Crippen molar-refractivity contribution >= 4 is 11.8 Å². The van der Waals surface area contributed by atoms with E-state index in [0.717, 1.165) is 5.56 Å². The number of rotatable bonds is 7. The van der Waals surface area contributed by atoms with Crippen LogP contribution in [0.5, 0.6) is 11.5 Å². The van der Waals surface area contributed by atoms with Gasteiger partial charge in [-0.15, -0.1) is 13.2 Å². The van der Waals surface area contributed by atoms with Gasteiger partial charge in [0.1, 0.15) is 12.4 Å². The number of amides is 1. The summed E-state index contributed by atoms with van der Waals surface area (Å²) in [5.74, 6) is 0.0131. The van der Waals surface area contributed by atoms with Crippen LogP contribution in [0.4, 0.5) is 18.0 Å². The van der Waals surface area contributed by atoms with Crippen molar-refractivity contribution in [2.75, 3.05) is 7.11 Å². The Kier molecular flexibility index (Phi) is 7.29. The number of nitrogens with one attached hydrogen (secondary N) is 1. The van der Waals surface area contributed by atoms with Gasteiger partial charge >= 0.3 is 12.5 Å².